The molecule has 0 spiro atoms. The second kappa shape index (κ2) is 7.36. The third kappa shape index (κ3) is 4.29. The molecule has 18 heavy (non-hydrogen) atoms. The van der Waals surface area contributed by atoms with Crippen LogP contribution in [0, 0.1) is 5.92 Å². The molecular formula is C13H24N4O. The minimum atomic E-state index is 0.550. The largest absolute Gasteiger partial charge is 0.407 e. The number of nitrogens with zero attached hydrogens (tertiary/aromatic N) is 2. The lowest BCUT2D eigenvalue weighted by Gasteiger charge is -2.13. The monoisotopic (exact) mass is 252 g/mol. The van der Waals surface area contributed by atoms with Gasteiger partial charge in [0.05, 0.1) is 6.54 Å². The summed E-state index contributed by atoms with van der Waals surface area (Å²) in [5, 5.41) is 14.1. The zero-order valence-corrected chi connectivity index (χ0v) is 11.2. The fourth-order valence-electron chi connectivity index (χ4n) is 2.58. The second-order valence-corrected chi connectivity index (χ2v) is 5.10. The Morgan fingerprint density at radius 1 is 1.17 bits per heavy atom. The SMILES string of the molecule is CNCc1nnc(NCCC2CCCCCC2)o1. The maximum absolute atomic E-state index is 5.44. The molecule has 0 aliphatic heterocycles. The van der Waals surface area contributed by atoms with Crippen LogP contribution in [0.2, 0.25) is 0 Å². The Bertz CT molecular complexity index is 331. The van der Waals surface area contributed by atoms with Crippen LogP contribution in [0.4, 0.5) is 6.01 Å². The van der Waals surface area contributed by atoms with Crippen molar-refractivity contribution in [2.24, 2.45) is 5.92 Å². The summed E-state index contributed by atoms with van der Waals surface area (Å²) in [5.74, 6) is 1.51. The van der Waals surface area contributed by atoms with Gasteiger partial charge in [-0.05, 0) is 19.4 Å². The van der Waals surface area contributed by atoms with Gasteiger partial charge in [0.2, 0.25) is 5.89 Å². The predicted molar refractivity (Wildman–Crippen MR) is 71.4 cm³/mol. The third-order valence-corrected chi connectivity index (χ3v) is 3.60. The van der Waals surface area contributed by atoms with E-state index in [0.29, 0.717) is 18.5 Å². The first-order valence-electron chi connectivity index (χ1n) is 7.09. The Morgan fingerprint density at radius 2 is 1.94 bits per heavy atom. The molecule has 0 saturated heterocycles. The van der Waals surface area contributed by atoms with Crippen LogP contribution in [0.15, 0.2) is 4.42 Å². The lowest BCUT2D eigenvalue weighted by Crippen LogP contribution is -2.09. The van der Waals surface area contributed by atoms with Crippen LogP contribution >= 0.6 is 0 Å². The summed E-state index contributed by atoms with van der Waals surface area (Å²) in [4.78, 5) is 0. The van der Waals surface area contributed by atoms with E-state index in [9.17, 15) is 0 Å². The van der Waals surface area contributed by atoms with E-state index in [1.54, 1.807) is 0 Å². The number of hydrogen-bond donors (Lipinski definition) is 2. The summed E-state index contributed by atoms with van der Waals surface area (Å²) in [6, 6.07) is 0.550. The maximum Gasteiger partial charge on any atom is 0.315 e. The van der Waals surface area contributed by atoms with Gasteiger partial charge in [-0.2, -0.15) is 0 Å². The normalized spacial score (nSPS) is 17.6. The highest BCUT2D eigenvalue weighted by atomic mass is 16.4. The molecule has 5 heteroatoms. The van der Waals surface area contributed by atoms with Gasteiger partial charge in [-0.1, -0.05) is 43.6 Å². The van der Waals surface area contributed by atoms with E-state index in [-0.39, 0.29) is 0 Å². The quantitative estimate of drug-likeness (QED) is 0.762. The zero-order valence-electron chi connectivity index (χ0n) is 11.2. The third-order valence-electron chi connectivity index (χ3n) is 3.60. The Labute approximate surface area is 109 Å². The highest BCUT2D eigenvalue weighted by molar-refractivity contribution is 5.16. The van der Waals surface area contributed by atoms with Crippen molar-refractivity contribution in [1.82, 2.24) is 15.5 Å². The van der Waals surface area contributed by atoms with E-state index in [2.05, 4.69) is 20.8 Å². The molecule has 0 aromatic carbocycles. The average Bonchev–Trinajstić information content (AvgIpc) is 2.65. The molecular weight excluding hydrogens is 228 g/mol. The van der Waals surface area contributed by atoms with Crippen molar-refractivity contribution in [3.05, 3.63) is 5.89 Å². The van der Waals surface area contributed by atoms with Crippen LogP contribution in [0.25, 0.3) is 0 Å². The van der Waals surface area contributed by atoms with Crippen molar-refractivity contribution in [3.63, 3.8) is 0 Å². The summed E-state index contributed by atoms with van der Waals surface area (Å²) in [7, 11) is 1.86. The smallest absolute Gasteiger partial charge is 0.315 e. The van der Waals surface area contributed by atoms with Gasteiger partial charge >= 0.3 is 6.01 Å². The Balaban J connectivity index is 1.67. The summed E-state index contributed by atoms with van der Waals surface area (Å²) >= 11 is 0. The fourth-order valence-corrected chi connectivity index (χ4v) is 2.58. The standard InChI is InChI=1S/C13H24N4O/c1-14-10-12-16-17-13(18-12)15-9-8-11-6-4-2-3-5-7-11/h11,14H,2-10H2,1H3,(H,15,17). The topological polar surface area (TPSA) is 63.0 Å². The summed E-state index contributed by atoms with van der Waals surface area (Å²) in [6.45, 7) is 1.56. The van der Waals surface area contributed by atoms with Crippen molar-refractivity contribution in [2.75, 3.05) is 18.9 Å². The van der Waals surface area contributed by atoms with Gasteiger partial charge in [-0.25, -0.2) is 0 Å². The van der Waals surface area contributed by atoms with Gasteiger partial charge < -0.3 is 15.1 Å². The van der Waals surface area contributed by atoms with Crippen LogP contribution in [-0.2, 0) is 6.54 Å². The van der Waals surface area contributed by atoms with Gasteiger partial charge in [-0.3, -0.25) is 0 Å². The molecule has 1 heterocycles. The van der Waals surface area contributed by atoms with E-state index in [1.807, 2.05) is 7.05 Å². The predicted octanol–water partition coefficient (Wildman–Crippen LogP) is 2.56. The van der Waals surface area contributed by atoms with Gasteiger partial charge in [0, 0.05) is 6.54 Å². The minimum Gasteiger partial charge on any atom is -0.407 e. The Kier molecular flexibility index (Phi) is 5.45. The molecule has 0 radical (unpaired) electrons. The number of nitrogens with one attached hydrogen (secondary N) is 2. The van der Waals surface area contributed by atoms with E-state index in [0.717, 1.165) is 12.5 Å². The summed E-state index contributed by atoms with van der Waals surface area (Å²) in [6.07, 6.45) is 9.62. The molecule has 1 aliphatic carbocycles. The molecule has 5 nitrogen and oxygen atoms in total. The molecule has 1 aromatic heterocycles. The molecule has 0 bridgehead atoms. The second-order valence-electron chi connectivity index (χ2n) is 5.10. The molecule has 1 aliphatic rings. The molecule has 0 unspecified atom stereocenters. The molecule has 1 fully saturated rings. The van der Waals surface area contributed by atoms with E-state index >= 15 is 0 Å². The molecule has 102 valence electrons. The molecule has 2 rings (SSSR count). The first kappa shape index (κ1) is 13.3. The Hall–Kier alpha value is -1.10. The Morgan fingerprint density at radius 3 is 2.67 bits per heavy atom. The molecule has 1 saturated carbocycles. The van der Waals surface area contributed by atoms with Crippen molar-refractivity contribution in [1.29, 1.82) is 0 Å². The fraction of sp³-hybridized carbons (Fsp3) is 0.846. The van der Waals surface area contributed by atoms with E-state index < -0.39 is 0 Å². The van der Waals surface area contributed by atoms with Crippen LogP contribution in [-0.4, -0.2) is 23.8 Å². The van der Waals surface area contributed by atoms with Crippen LogP contribution in [0.1, 0.15) is 50.8 Å². The van der Waals surface area contributed by atoms with Crippen LogP contribution < -0.4 is 10.6 Å². The average molecular weight is 252 g/mol. The first-order chi connectivity index (χ1) is 8.88. The highest BCUT2D eigenvalue weighted by Crippen LogP contribution is 2.25. The number of anilines is 1. The van der Waals surface area contributed by atoms with Crippen molar-refractivity contribution >= 4 is 6.01 Å². The van der Waals surface area contributed by atoms with E-state index in [1.165, 1.54) is 44.9 Å². The zero-order chi connectivity index (χ0) is 12.6. The van der Waals surface area contributed by atoms with Crippen molar-refractivity contribution < 1.29 is 4.42 Å². The number of hydrogen-bond acceptors (Lipinski definition) is 5. The van der Waals surface area contributed by atoms with Gasteiger partial charge in [-0.15, -0.1) is 5.10 Å². The number of aromatic nitrogens is 2. The molecule has 0 amide bonds. The van der Waals surface area contributed by atoms with Crippen molar-refractivity contribution in [2.45, 2.75) is 51.5 Å². The molecule has 0 atom stereocenters. The summed E-state index contributed by atoms with van der Waals surface area (Å²) in [5.41, 5.74) is 0. The first-order valence-corrected chi connectivity index (χ1v) is 7.09. The highest BCUT2D eigenvalue weighted by Gasteiger charge is 2.12. The van der Waals surface area contributed by atoms with Crippen LogP contribution in [0.5, 0.6) is 0 Å². The van der Waals surface area contributed by atoms with Crippen molar-refractivity contribution in [3.8, 4) is 0 Å². The molecule has 2 N–H and O–H groups in total. The molecule has 1 aromatic rings. The van der Waals surface area contributed by atoms with Crippen LogP contribution in [0.3, 0.4) is 0 Å². The lowest BCUT2D eigenvalue weighted by molar-refractivity contribution is 0.434. The van der Waals surface area contributed by atoms with E-state index in [4.69, 9.17) is 4.42 Å². The summed E-state index contributed by atoms with van der Waals surface area (Å²) < 4.78 is 5.44. The van der Waals surface area contributed by atoms with Gasteiger partial charge in [0.25, 0.3) is 0 Å². The van der Waals surface area contributed by atoms with Gasteiger partial charge in [0.1, 0.15) is 0 Å². The minimum absolute atomic E-state index is 0.550. The van der Waals surface area contributed by atoms with Gasteiger partial charge in [0.15, 0.2) is 0 Å². The maximum atomic E-state index is 5.44. The number of rotatable bonds is 6. The lowest BCUT2D eigenvalue weighted by atomic mass is 9.97.